The third-order valence-electron chi connectivity index (χ3n) is 6.60. The first kappa shape index (κ1) is 26.1. The van der Waals surface area contributed by atoms with Crippen LogP contribution >= 0.6 is 0 Å². The number of anilines is 1. The molecule has 3 aromatic rings. The van der Waals surface area contributed by atoms with E-state index in [1.165, 1.54) is 42.7 Å². The van der Waals surface area contributed by atoms with E-state index in [4.69, 9.17) is 9.72 Å². The maximum absolute atomic E-state index is 13.3. The van der Waals surface area contributed by atoms with E-state index in [1.807, 2.05) is 6.07 Å². The molecule has 9 nitrogen and oxygen atoms in total. The van der Waals surface area contributed by atoms with Crippen LogP contribution in [-0.4, -0.2) is 61.5 Å². The first-order valence-electron chi connectivity index (χ1n) is 12.0. The summed E-state index contributed by atoms with van der Waals surface area (Å²) in [6, 6.07) is 11.0. The second-order valence-corrected chi connectivity index (χ2v) is 12.3. The summed E-state index contributed by atoms with van der Waals surface area (Å²) in [5.41, 5.74) is 2.24. The van der Waals surface area contributed by atoms with Gasteiger partial charge in [0.1, 0.15) is 5.82 Å². The number of imidazole rings is 1. The second kappa shape index (κ2) is 9.84. The van der Waals surface area contributed by atoms with E-state index in [2.05, 4.69) is 25.3 Å². The summed E-state index contributed by atoms with van der Waals surface area (Å²) in [5, 5.41) is 9.79. The number of sulfonamides is 1. The van der Waals surface area contributed by atoms with Gasteiger partial charge in [-0.05, 0) is 61.2 Å². The Hall–Kier alpha value is -2.95. The van der Waals surface area contributed by atoms with Crippen LogP contribution in [0.4, 0.5) is 5.69 Å². The van der Waals surface area contributed by atoms with Gasteiger partial charge in [0, 0.05) is 44.8 Å². The summed E-state index contributed by atoms with van der Waals surface area (Å²) in [6.07, 6.45) is 2.03. The van der Waals surface area contributed by atoms with E-state index in [0.717, 1.165) is 49.5 Å². The first-order chi connectivity index (χ1) is 16.9. The molecule has 0 bridgehead atoms. The molecule has 0 spiro atoms. The van der Waals surface area contributed by atoms with E-state index in [9.17, 15) is 18.4 Å². The molecule has 1 aliphatic heterocycles. The Bertz CT molecular complexity index is 1350. The summed E-state index contributed by atoms with van der Waals surface area (Å²) in [6.45, 7) is 8.81. The van der Waals surface area contributed by atoms with Crippen molar-refractivity contribution in [3.63, 3.8) is 0 Å². The normalized spacial score (nSPS) is 15.3. The molecule has 0 radical (unpaired) electrons. The van der Waals surface area contributed by atoms with Crippen molar-refractivity contribution < 1.29 is 23.2 Å². The smallest absolute Gasteiger partial charge is 0.276 e. The second-order valence-electron chi connectivity index (χ2n) is 10.4. The Balaban J connectivity index is 1.67. The number of fused-ring (bicyclic) bond motifs is 1. The Morgan fingerprint density at radius 2 is 1.75 bits per heavy atom. The number of nitrogens with zero attached hydrogens (tertiary/aromatic N) is 4. The SMILES string of the molecule is CN(O)C(=O)c1ccc(S(=O)(=O)N(C)c2ccc3c(c2)nc(C(C)(C)C)n3CC2CCOCC2)cc1. The van der Waals surface area contributed by atoms with Crippen LogP contribution in [0, 0.1) is 5.92 Å². The van der Waals surface area contributed by atoms with Gasteiger partial charge in [-0.25, -0.2) is 18.5 Å². The standard InChI is InChI=1S/C26H34N4O5S/c1-26(2,3)25-27-22-16-20(8-11-23(22)30(25)17-18-12-14-35-15-13-18)29(5)36(33,34)21-9-6-19(7-10-21)24(31)28(4)32/h6-11,16,18,32H,12-15,17H2,1-5H3. The molecule has 0 atom stereocenters. The Morgan fingerprint density at radius 3 is 2.33 bits per heavy atom. The van der Waals surface area contributed by atoms with E-state index < -0.39 is 15.9 Å². The molecule has 10 heteroatoms. The van der Waals surface area contributed by atoms with Crippen LogP contribution in [-0.2, 0) is 26.7 Å². The topological polar surface area (TPSA) is 105 Å². The van der Waals surface area contributed by atoms with Crippen molar-refractivity contribution in [2.45, 2.75) is 50.5 Å². The molecular weight excluding hydrogens is 480 g/mol. The Morgan fingerprint density at radius 1 is 1.11 bits per heavy atom. The fraction of sp³-hybridized carbons (Fsp3) is 0.462. The molecule has 0 saturated carbocycles. The van der Waals surface area contributed by atoms with E-state index in [-0.39, 0.29) is 15.9 Å². The van der Waals surface area contributed by atoms with Gasteiger partial charge < -0.3 is 9.30 Å². The van der Waals surface area contributed by atoms with Crippen LogP contribution in [0.1, 0.15) is 49.8 Å². The lowest BCUT2D eigenvalue weighted by atomic mass is 9.94. The van der Waals surface area contributed by atoms with Crippen LogP contribution in [0.2, 0.25) is 0 Å². The van der Waals surface area contributed by atoms with Gasteiger partial charge in [0.15, 0.2) is 0 Å². The monoisotopic (exact) mass is 514 g/mol. The zero-order valence-corrected chi connectivity index (χ0v) is 22.2. The number of amides is 1. The number of carbonyl (C=O) groups excluding carboxylic acids is 1. The molecule has 0 unspecified atom stereocenters. The van der Waals surface area contributed by atoms with Crippen LogP contribution in [0.3, 0.4) is 0 Å². The van der Waals surface area contributed by atoms with Crippen molar-refractivity contribution in [2.24, 2.45) is 5.92 Å². The van der Waals surface area contributed by atoms with Crippen LogP contribution in [0.25, 0.3) is 11.0 Å². The van der Waals surface area contributed by atoms with Gasteiger partial charge in [0.25, 0.3) is 15.9 Å². The van der Waals surface area contributed by atoms with Crippen LogP contribution in [0.15, 0.2) is 47.4 Å². The highest BCUT2D eigenvalue weighted by molar-refractivity contribution is 7.92. The van der Waals surface area contributed by atoms with E-state index in [1.54, 1.807) is 12.1 Å². The molecule has 2 heterocycles. The summed E-state index contributed by atoms with van der Waals surface area (Å²) in [7, 11) is -1.16. The van der Waals surface area contributed by atoms with Crippen molar-refractivity contribution in [2.75, 3.05) is 31.6 Å². The highest BCUT2D eigenvalue weighted by atomic mass is 32.2. The van der Waals surface area contributed by atoms with Crippen molar-refractivity contribution in [1.82, 2.24) is 14.6 Å². The van der Waals surface area contributed by atoms with Gasteiger partial charge in [0.2, 0.25) is 0 Å². The Labute approximate surface area is 212 Å². The first-order valence-corrected chi connectivity index (χ1v) is 13.5. The summed E-state index contributed by atoms with van der Waals surface area (Å²) < 4.78 is 35.7. The molecule has 1 aromatic heterocycles. The number of rotatable bonds is 6. The van der Waals surface area contributed by atoms with E-state index in [0.29, 0.717) is 16.7 Å². The van der Waals surface area contributed by atoms with Gasteiger partial charge in [-0.3, -0.25) is 14.3 Å². The van der Waals surface area contributed by atoms with Crippen LogP contribution in [0.5, 0.6) is 0 Å². The number of ether oxygens (including phenoxy) is 1. The van der Waals surface area contributed by atoms with E-state index >= 15 is 0 Å². The fourth-order valence-electron chi connectivity index (χ4n) is 4.51. The molecule has 1 N–H and O–H groups in total. The molecule has 1 saturated heterocycles. The number of benzene rings is 2. The third kappa shape index (κ3) is 5.11. The summed E-state index contributed by atoms with van der Waals surface area (Å²) in [5.74, 6) is 0.866. The van der Waals surface area contributed by atoms with Crippen LogP contribution < -0.4 is 4.31 Å². The molecule has 2 aromatic carbocycles. The number of carbonyl (C=O) groups is 1. The van der Waals surface area contributed by atoms with Gasteiger partial charge in [-0.1, -0.05) is 20.8 Å². The maximum Gasteiger partial charge on any atom is 0.276 e. The average molecular weight is 515 g/mol. The lowest BCUT2D eigenvalue weighted by Gasteiger charge is -2.26. The molecule has 36 heavy (non-hydrogen) atoms. The van der Waals surface area contributed by atoms with Crippen molar-refractivity contribution in [3.05, 3.63) is 53.9 Å². The minimum absolute atomic E-state index is 0.0441. The highest BCUT2D eigenvalue weighted by Gasteiger charge is 2.27. The number of hydrogen-bond acceptors (Lipinski definition) is 6. The average Bonchev–Trinajstić information content (AvgIpc) is 3.21. The number of aromatic nitrogens is 2. The lowest BCUT2D eigenvalue weighted by Crippen LogP contribution is -2.27. The predicted molar refractivity (Wildman–Crippen MR) is 138 cm³/mol. The zero-order valence-electron chi connectivity index (χ0n) is 21.4. The molecule has 1 fully saturated rings. The highest BCUT2D eigenvalue weighted by Crippen LogP contribution is 2.32. The molecule has 1 amide bonds. The number of hydroxylamine groups is 2. The van der Waals surface area contributed by atoms with Crippen molar-refractivity contribution in [1.29, 1.82) is 0 Å². The Kier molecular flexibility index (Phi) is 7.14. The molecule has 4 rings (SSSR count). The summed E-state index contributed by atoms with van der Waals surface area (Å²) in [4.78, 5) is 16.9. The molecule has 194 valence electrons. The number of hydrogen-bond donors (Lipinski definition) is 1. The van der Waals surface area contributed by atoms with Gasteiger partial charge in [0.05, 0.1) is 21.6 Å². The minimum Gasteiger partial charge on any atom is -0.381 e. The zero-order chi connectivity index (χ0) is 26.3. The summed E-state index contributed by atoms with van der Waals surface area (Å²) >= 11 is 0. The van der Waals surface area contributed by atoms with Gasteiger partial charge in [-0.15, -0.1) is 0 Å². The van der Waals surface area contributed by atoms with Gasteiger partial charge >= 0.3 is 0 Å². The maximum atomic E-state index is 13.3. The van der Waals surface area contributed by atoms with Crippen molar-refractivity contribution in [3.8, 4) is 0 Å². The largest absolute Gasteiger partial charge is 0.381 e. The molecule has 1 aliphatic rings. The third-order valence-corrected chi connectivity index (χ3v) is 8.40. The predicted octanol–water partition coefficient (Wildman–Crippen LogP) is 4.05. The quantitative estimate of drug-likeness (QED) is 0.393. The van der Waals surface area contributed by atoms with Crippen molar-refractivity contribution >= 4 is 32.7 Å². The lowest BCUT2D eigenvalue weighted by molar-refractivity contribution is -0.0374. The molecular formula is C26H34N4O5S. The molecule has 0 aliphatic carbocycles. The van der Waals surface area contributed by atoms with Gasteiger partial charge in [-0.2, -0.15) is 0 Å². The fourth-order valence-corrected chi connectivity index (χ4v) is 5.70. The minimum atomic E-state index is -3.88.